The lowest BCUT2D eigenvalue weighted by molar-refractivity contribution is -0.175. The predicted molar refractivity (Wildman–Crippen MR) is 77.2 cm³/mol. The second-order valence-electron chi connectivity index (χ2n) is 6.73. The molecule has 4 heteroatoms. The van der Waals surface area contributed by atoms with Crippen LogP contribution in [0.15, 0.2) is 0 Å². The quantitative estimate of drug-likeness (QED) is 0.699. The molecule has 0 saturated heterocycles. The smallest absolute Gasteiger partial charge is 0.312 e. The van der Waals surface area contributed by atoms with Crippen LogP contribution in [0.1, 0.15) is 73.1 Å². The van der Waals surface area contributed by atoms with Crippen LogP contribution in [0.3, 0.4) is 0 Å². The van der Waals surface area contributed by atoms with E-state index in [0.29, 0.717) is 0 Å². The van der Waals surface area contributed by atoms with Gasteiger partial charge in [-0.15, -0.1) is 0 Å². The van der Waals surface area contributed by atoms with E-state index in [4.69, 9.17) is 9.47 Å². The molecule has 0 bridgehead atoms. The third kappa shape index (κ3) is 4.50. The van der Waals surface area contributed by atoms with Gasteiger partial charge in [-0.05, 0) is 59.8 Å². The highest BCUT2D eigenvalue weighted by atomic mass is 16.6. The van der Waals surface area contributed by atoms with E-state index in [9.17, 15) is 9.59 Å². The summed E-state index contributed by atoms with van der Waals surface area (Å²) >= 11 is 0. The van der Waals surface area contributed by atoms with Gasteiger partial charge in [0.05, 0.1) is 17.9 Å². The minimum absolute atomic E-state index is 0.135. The lowest BCUT2D eigenvalue weighted by Crippen LogP contribution is -2.40. The van der Waals surface area contributed by atoms with E-state index in [1.807, 2.05) is 34.6 Å². The van der Waals surface area contributed by atoms with Gasteiger partial charge in [-0.3, -0.25) is 9.59 Å². The molecule has 1 saturated carbocycles. The molecule has 20 heavy (non-hydrogen) atoms. The average molecular weight is 284 g/mol. The molecule has 1 aliphatic carbocycles. The number of carbonyl (C=O) groups excluding carboxylic acids is 2. The van der Waals surface area contributed by atoms with Gasteiger partial charge < -0.3 is 9.47 Å². The van der Waals surface area contributed by atoms with Crippen LogP contribution in [0, 0.1) is 5.41 Å². The van der Waals surface area contributed by atoms with Crippen molar-refractivity contribution in [3.63, 3.8) is 0 Å². The zero-order valence-electron chi connectivity index (χ0n) is 13.5. The van der Waals surface area contributed by atoms with Gasteiger partial charge in [0.15, 0.2) is 0 Å². The van der Waals surface area contributed by atoms with Crippen LogP contribution in [0.4, 0.5) is 0 Å². The van der Waals surface area contributed by atoms with Crippen molar-refractivity contribution in [1.29, 1.82) is 0 Å². The third-order valence-corrected chi connectivity index (χ3v) is 4.09. The van der Waals surface area contributed by atoms with E-state index >= 15 is 0 Å². The Morgan fingerprint density at radius 1 is 1.20 bits per heavy atom. The highest BCUT2D eigenvalue weighted by Gasteiger charge is 2.43. The fourth-order valence-electron chi connectivity index (χ4n) is 2.38. The Balaban J connectivity index is 2.73. The van der Waals surface area contributed by atoms with Crippen molar-refractivity contribution in [2.75, 3.05) is 0 Å². The normalized spacial score (nSPS) is 18.1. The number of hydrogen-bond acceptors (Lipinski definition) is 4. The number of rotatable bonds is 6. The molecule has 116 valence electrons. The molecule has 0 aromatic heterocycles. The van der Waals surface area contributed by atoms with Crippen LogP contribution in [-0.2, 0) is 19.1 Å². The van der Waals surface area contributed by atoms with E-state index in [2.05, 4.69) is 0 Å². The summed E-state index contributed by atoms with van der Waals surface area (Å²) in [7, 11) is 0. The molecule has 0 amide bonds. The van der Waals surface area contributed by atoms with E-state index < -0.39 is 11.0 Å². The second kappa shape index (κ2) is 6.59. The Morgan fingerprint density at radius 2 is 1.75 bits per heavy atom. The molecular formula is C16H28O4. The van der Waals surface area contributed by atoms with Gasteiger partial charge in [-0.25, -0.2) is 0 Å². The molecule has 0 spiro atoms. The van der Waals surface area contributed by atoms with Gasteiger partial charge in [0.2, 0.25) is 0 Å². The zero-order valence-corrected chi connectivity index (χ0v) is 13.5. The summed E-state index contributed by atoms with van der Waals surface area (Å²) in [6, 6.07) is 0. The highest BCUT2D eigenvalue weighted by Crippen LogP contribution is 2.38. The van der Waals surface area contributed by atoms with Crippen molar-refractivity contribution in [3.05, 3.63) is 0 Å². The van der Waals surface area contributed by atoms with Crippen LogP contribution < -0.4 is 0 Å². The fourth-order valence-corrected chi connectivity index (χ4v) is 2.38. The molecule has 4 nitrogen and oxygen atoms in total. The SMILES string of the molecule is CCC(C)(C)C(=O)OC1(CC(=O)OC(C)C)CCCC1. The van der Waals surface area contributed by atoms with Crippen molar-refractivity contribution in [3.8, 4) is 0 Å². The van der Waals surface area contributed by atoms with Gasteiger partial charge in [0.1, 0.15) is 5.60 Å². The molecule has 0 unspecified atom stereocenters. The largest absolute Gasteiger partial charge is 0.463 e. The maximum absolute atomic E-state index is 12.3. The molecule has 1 fully saturated rings. The summed E-state index contributed by atoms with van der Waals surface area (Å²) in [6.07, 6.45) is 4.26. The molecule has 1 aliphatic rings. The van der Waals surface area contributed by atoms with Gasteiger partial charge >= 0.3 is 11.9 Å². The molecule has 0 aliphatic heterocycles. The Hall–Kier alpha value is -1.06. The summed E-state index contributed by atoms with van der Waals surface area (Å²) < 4.78 is 11.0. The van der Waals surface area contributed by atoms with Gasteiger partial charge in [0, 0.05) is 0 Å². The Morgan fingerprint density at radius 3 is 2.20 bits per heavy atom. The Kier molecular flexibility index (Phi) is 5.60. The summed E-state index contributed by atoms with van der Waals surface area (Å²) in [5.41, 5.74) is -1.15. The first-order valence-corrected chi connectivity index (χ1v) is 7.64. The monoisotopic (exact) mass is 284 g/mol. The minimum atomic E-state index is -0.643. The summed E-state index contributed by atoms with van der Waals surface area (Å²) in [5, 5.41) is 0. The Bertz CT molecular complexity index is 351. The van der Waals surface area contributed by atoms with E-state index in [-0.39, 0.29) is 24.5 Å². The number of esters is 2. The van der Waals surface area contributed by atoms with Crippen molar-refractivity contribution >= 4 is 11.9 Å². The molecule has 0 heterocycles. The molecular weight excluding hydrogens is 256 g/mol. The van der Waals surface area contributed by atoms with Crippen LogP contribution in [0.2, 0.25) is 0 Å². The van der Waals surface area contributed by atoms with Crippen molar-refractivity contribution in [1.82, 2.24) is 0 Å². The molecule has 0 N–H and O–H groups in total. The van der Waals surface area contributed by atoms with Gasteiger partial charge in [-0.1, -0.05) is 6.92 Å². The van der Waals surface area contributed by atoms with Crippen molar-refractivity contribution in [2.24, 2.45) is 5.41 Å². The second-order valence-corrected chi connectivity index (χ2v) is 6.73. The summed E-state index contributed by atoms with van der Waals surface area (Å²) in [6.45, 7) is 9.38. The Labute approximate surface area is 122 Å². The lowest BCUT2D eigenvalue weighted by atomic mass is 9.89. The zero-order chi connectivity index (χ0) is 15.4. The lowest BCUT2D eigenvalue weighted by Gasteiger charge is -2.32. The van der Waals surface area contributed by atoms with E-state index in [0.717, 1.165) is 32.1 Å². The minimum Gasteiger partial charge on any atom is -0.463 e. The molecule has 0 aromatic carbocycles. The topological polar surface area (TPSA) is 52.6 Å². The van der Waals surface area contributed by atoms with E-state index in [1.54, 1.807) is 0 Å². The summed E-state index contributed by atoms with van der Waals surface area (Å²) in [5.74, 6) is -0.483. The fraction of sp³-hybridized carbons (Fsp3) is 0.875. The molecule has 1 rings (SSSR count). The maximum Gasteiger partial charge on any atom is 0.312 e. The highest BCUT2D eigenvalue weighted by molar-refractivity contribution is 5.77. The maximum atomic E-state index is 12.3. The first-order valence-electron chi connectivity index (χ1n) is 7.64. The predicted octanol–water partition coefficient (Wildman–Crippen LogP) is 3.62. The first-order chi connectivity index (χ1) is 9.21. The molecule has 0 atom stereocenters. The van der Waals surface area contributed by atoms with E-state index in [1.165, 1.54) is 0 Å². The first kappa shape index (κ1) is 17.0. The standard InChI is InChI=1S/C16H28O4/c1-6-15(4,5)14(18)20-16(9-7-8-10-16)11-13(17)19-12(2)3/h12H,6-11H2,1-5H3. The third-order valence-electron chi connectivity index (χ3n) is 4.09. The average Bonchev–Trinajstić information content (AvgIpc) is 2.75. The van der Waals surface area contributed by atoms with Gasteiger partial charge in [0.25, 0.3) is 0 Å². The molecule has 0 radical (unpaired) electrons. The van der Waals surface area contributed by atoms with Crippen LogP contribution in [0.5, 0.6) is 0 Å². The van der Waals surface area contributed by atoms with Crippen molar-refractivity contribution in [2.45, 2.75) is 84.8 Å². The van der Waals surface area contributed by atoms with Crippen molar-refractivity contribution < 1.29 is 19.1 Å². The number of carbonyl (C=O) groups is 2. The molecule has 0 aromatic rings. The van der Waals surface area contributed by atoms with Gasteiger partial charge in [-0.2, -0.15) is 0 Å². The van der Waals surface area contributed by atoms with Crippen LogP contribution in [-0.4, -0.2) is 23.6 Å². The number of hydrogen-bond donors (Lipinski definition) is 0. The number of ether oxygens (including phenoxy) is 2. The van der Waals surface area contributed by atoms with Crippen LogP contribution >= 0.6 is 0 Å². The summed E-state index contributed by atoms with van der Waals surface area (Å²) in [4.78, 5) is 24.2. The van der Waals surface area contributed by atoms with Crippen LogP contribution in [0.25, 0.3) is 0 Å².